The molecule has 0 bridgehead atoms. The molecule has 0 aromatic heterocycles. The number of carbonyl (C=O) groups is 1. The second kappa shape index (κ2) is 5.64. The van der Waals surface area contributed by atoms with Crippen molar-refractivity contribution in [3.05, 3.63) is 0 Å². The molecule has 0 aromatic rings. The van der Waals surface area contributed by atoms with Gasteiger partial charge in [0.1, 0.15) is 5.60 Å². The Hall–Kier alpha value is -0.860. The van der Waals surface area contributed by atoms with Crippen LogP contribution in [0.1, 0.15) is 20.8 Å². The molecule has 2 N–H and O–H groups in total. The average Bonchev–Trinajstić information content (AvgIpc) is 2.24. The smallest absolute Gasteiger partial charge is 0.410 e. The van der Waals surface area contributed by atoms with E-state index in [1.54, 1.807) is 20.8 Å². The van der Waals surface area contributed by atoms with Crippen LogP contribution in [0.5, 0.6) is 0 Å². The lowest BCUT2D eigenvalue weighted by atomic mass is 10.2. The zero-order valence-corrected chi connectivity index (χ0v) is 12.7. The number of nitrogens with zero attached hydrogens (tertiary/aromatic N) is 2. The van der Waals surface area contributed by atoms with Crippen molar-refractivity contribution < 1.29 is 17.9 Å². The van der Waals surface area contributed by atoms with Crippen LogP contribution < -0.4 is 5.73 Å². The van der Waals surface area contributed by atoms with Gasteiger partial charge in [0.25, 0.3) is 0 Å². The number of amides is 1. The monoisotopic (exact) mass is 293 g/mol. The second-order valence-electron chi connectivity index (χ2n) is 5.69. The third-order valence-electron chi connectivity index (χ3n) is 2.78. The van der Waals surface area contributed by atoms with Gasteiger partial charge in [0.05, 0.1) is 12.3 Å². The summed E-state index contributed by atoms with van der Waals surface area (Å²) in [4.78, 5) is 13.4. The van der Waals surface area contributed by atoms with E-state index >= 15 is 0 Å². The Labute approximate surface area is 114 Å². The Balaban J connectivity index is 2.72. The van der Waals surface area contributed by atoms with Gasteiger partial charge in [-0.2, -0.15) is 4.31 Å². The van der Waals surface area contributed by atoms with Crippen LogP contribution in [-0.2, 0) is 14.8 Å². The van der Waals surface area contributed by atoms with E-state index in [2.05, 4.69) is 0 Å². The standard InChI is InChI=1S/C11H23N3O4S/c1-11(2,3)18-10(15)13-5-6-14(19(4,16)17)9(7-12)8-13/h9H,5-8,12H2,1-4H3. The van der Waals surface area contributed by atoms with Crippen molar-refractivity contribution in [2.75, 3.05) is 32.4 Å². The Bertz CT molecular complexity index is 430. The Kier molecular flexibility index (Phi) is 4.81. The summed E-state index contributed by atoms with van der Waals surface area (Å²) in [6.45, 7) is 6.37. The van der Waals surface area contributed by atoms with Crippen molar-refractivity contribution in [3.8, 4) is 0 Å². The fourth-order valence-electron chi connectivity index (χ4n) is 1.96. The predicted molar refractivity (Wildman–Crippen MR) is 72.2 cm³/mol. The van der Waals surface area contributed by atoms with Crippen LogP contribution in [0.15, 0.2) is 0 Å². The molecule has 0 radical (unpaired) electrons. The van der Waals surface area contributed by atoms with Gasteiger partial charge >= 0.3 is 6.09 Å². The van der Waals surface area contributed by atoms with Crippen molar-refractivity contribution in [3.63, 3.8) is 0 Å². The minimum absolute atomic E-state index is 0.173. The first kappa shape index (κ1) is 16.2. The molecular weight excluding hydrogens is 270 g/mol. The van der Waals surface area contributed by atoms with E-state index in [0.29, 0.717) is 6.54 Å². The highest BCUT2D eigenvalue weighted by molar-refractivity contribution is 7.88. The lowest BCUT2D eigenvalue weighted by Gasteiger charge is -2.39. The molecular formula is C11H23N3O4S. The fraction of sp³-hybridized carbons (Fsp3) is 0.909. The molecule has 1 atom stereocenters. The number of ether oxygens (including phenoxy) is 1. The number of rotatable bonds is 2. The van der Waals surface area contributed by atoms with Gasteiger partial charge in [-0.3, -0.25) is 0 Å². The minimum atomic E-state index is -3.30. The molecule has 1 fully saturated rings. The largest absolute Gasteiger partial charge is 0.444 e. The molecule has 19 heavy (non-hydrogen) atoms. The molecule has 0 spiro atoms. The lowest BCUT2D eigenvalue weighted by Crippen LogP contribution is -2.59. The summed E-state index contributed by atoms with van der Waals surface area (Å²) in [6, 6.07) is -0.392. The Morgan fingerprint density at radius 1 is 1.37 bits per heavy atom. The fourth-order valence-corrected chi connectivity index (χ4v) is 3.07. The van der Waals surface area contributed by atoms with E-state index in [0.717, 1.165) is 6.26 Å². The molecule has 1 unspecified atom stereocenters. The Morgan fingerprint density at radius 3 is 2.37 bits per heavy atom. The van der Waals surface area contributed by atoms with E-state index in [-0.39, 0.29) is 19.6 Å². The van der Waals surface area contributed by atoms with Crippen molar-refractivity contribution in [1.82, 2.24) is 9.21 Å². The van der Waals surface area contributed by atoms with Crippen LogP contribution in [-0.4, -0.2) is 67.8 Å². The van der Waals surface area contributed by atoms with Gasteiger partial charge in [0, 0.05) is 26.2 Å². The summed E-state index contributed by atoms with van der Waals surface area (Å²) < 4.78 is 29.8. The zero-order chi connectivity index (χ0) is 14.8. The summed E-state index contributed by atoms with van der Waals surface area (Å²) >= 11 is 0. The molecule has 1 rings (SSSR count). The summed E-state index contributed by atoms with van der Waals surface area (Å²) in [7, 11) is -3.30. The summed E-state index contributed by atoms with van der Waals surface area (Å²) in [5.74, 6) is 0. The van der Waals surface area contributed by atoms with E-state index in [4.69, 9.17) is 10.5 Å². The molecule has 1 amide bonds. The van der Waals surface area contributed by atoms with Gasteiger partial charge in [-0.1, -0.05) is 0 Å². The van der Waals surface area contributed by atoms with Gasteiger partial charge in [-0.05, 0) is 20.8 Å². The van der Waals surface area contributed by atoms with Crippen molar-refractivity contribution in [2.45, 2.75) is 32.4 Å². The Morgan fingerprint density at radius 2 is 1.95 bits per heavy atom. The molecule has 0 aliphatic carbocycles. The van der Waals surface area contributed by atoms with Crippen LogP contribution in [0.3, 0.4) is 0 Å². The third-order valence-corrected chi connectivity index (χ3v) is 4.11. The first-order chi connectivity index (χ1) is 8.54. The lowest BCUT2D eigenvalue weighted by molar-refractivity contribution is 0.0138. The minimum Gasteiger partial charge on any atom is -0.444 e. The molecule has 0 saturated carbocycles. The first-order valence-electron chi connectivity index (χ1n) is 6.19. The van der Waals surface area contributed by atoms with E-state index in [1.807, 2.05) is 0 Å². The average molecular weight is 293 g/mol. The number of hydrogen-bond donors (Lipinski definition) is 1. The molecule has 1 aliphatic heterocycles. The summed E-state index contributed by atoms with van der Waals surface area (Å²) in [6.07, 6.45) is 0.720. The first-order valence-corrected chi connectivity index (χ1v) is 8.04. The number of piperazine rings is 1. The van der Waals surface area contributed by atoms with Gasteiger partial charge in [-0.25, -0.2) is 13.2 Å². The maximum atomic E-state index is 11.9. The molecule has 0 aromatic carbocycles. The number of hydrogen-bond acceptors (Lipinski definition) is 5. The van der Waals surface area contributed by atoms with Crippen molar-refractivity contribution in [1.29, 1.82) is 0 Å². The highest BCUT2D eigenvalue weighted by atomic mass is 32.2. The predicted octanol–water partition coefficient (Wildman–Crippen LogP) is -0.174. The van der Waals surface area contributed by atoms with Gasteiger partial charge in [-0.15, -0.1) is 0 Å². The molecule has 1 saturated heterocycles. The summed E-state index contributed by atoms with van der Waals surface area (Å²) in [5.41, 5.74) is 5.03. The van der Waals surface area contributed by atoms with Gasteiger partial charge in [0.15, 0.2) is 0 Å². The van der Waals surface area contributed by atoms with Crippen molar-refractivity contribution >= 4 is 16.1 Å². The maximum absolute atomic E-state index is 11.9. The van der Waals surface area contributed by atoms with E-state index < -0.39 is 27.8 Å². The second-order valence-corrected chi connectivity index (χ2v) is 7.62. The molecule has 8 heteroatoms. The van der Waals surface area contributed by atoms with E-state index in [1.165, 1.54) is 9.21 Å². The normalized spacial score (nSPS) is 22.4. The van der Waals surface area contributed by atoms with Gasteiger partial charge in [0.2, 0.25) is 10.0 Å². The molecule has 1 heterocycles. The highest BCUT2D eigenvalue weighted by Gasteiger charge is 2.35. The van der Waals surface area contributed by atoms with Crippen LogP contribution in [0.2, 0.25) is 0 Å². The summed E-state index contributed by atoms with van der Waals surface area (Å²) in [5, 5.41) is 0. The number of nitrogens with two attached hydrogens (primary N) is 1. The molecule has 112 valence electrons. The van der Waals surface area contributed by atoms with Crippen LogP contribution in [0, 0.1) is 0 Å². The van der Waals surface area contributed by atoms with Crippen LogP contribution in [0.4, 0.5) is 4.79 Å². The molecule has 1 aliphatic rings. The highest BCUT2D eigenvalue weighted by Crippen LogP contribution is 2.16. The zero-order valence-electron chi connectivity index (χ0n) is 11.9. The SMILES string of the molecule is CC(C)(C)OC(=O)N1CCN(S(C)(=O)=O)C(CN)C1. The van der Waals surface area contributed by atoms with Crippen LogP contribution in [0.25, 0.3) is 0 Å². The maximum Gasteiger partial charge on any atom is 0.410 e. The topological polar surface area (TPSA) is 92.9 Å². The number of sulfonamides is 1. The van der Waals surface area contributed by atoms with E-state index in [9.17, 15) is 13.2 Å². The molecule has 7 nitrogen and oxygen atoms in total. The third kappa shape index (κ3) is 4.63. The quantitative estimate of drug-likeness (QED) is 0.763. The van der Waals surface area contributed by atoms with Crippen LogP contribution >= 0.6 is 0 Å². The number of carbonyl (C=O) groups excluding carboxylic acids is 1. The van der Waals surface area contributed by atoms with Gasteiger partial charge < -0.3 is 15.4 Å². The van der Waals surface area contributed by atoms with Crippen molar-refractivity contribution in [2.24, 2.45) is 5.73 Å².